The molecule has 1 unspecified atom stereocenters. The highest BCUT2D eigenvalue weighted by atomic mass is 79.9. The van der Waals surface area contributed by atoms with Crippen molar-refractivity contribution in [3.63, 3.8) is 0 Å². The fraction of sp³-hybridized carbons (Fsp3) is 0.400. The summed E-state index contributed by atoms with van der Waals surface area (Å²) >= 11 is 3.52. The molecule has 144 valence electrons. The summed E-state index contributed by atoms with van der Waals surface area (Å²) in [6.45, 7) is 5.08. The molecule has 27 heavy (non-hydrogen) atoms. The molecular formula is C20H23BrFN3O2. The molecular weight excluding hydrogens is 413 g/mol. The first-order valence-electron chi connectivity index (χ1n) is 9.08. The van der Waals surface area contributed by atoms with Crippen molar-refractivity contribution < 1.29 is 13.9 Å². The highest BCUT2D eigenvalue weighted by molar-refractivity contribution is 9.10. The van der Waals surface area contributed by atoms with Gasteiger partial charge in [-0.2, -0.15) is 4.39 Å². The van der Waals surface area contributed by atoms with Crippen molar-refractivity contribution in [1.82, 2.24) is 4.98 Å². The van der Waals surface area contributed by atoms with Crippen LogP contribution in [-0.4, -0.2) is 29.8 Å². The Balaban J connectivity index is 1.65. The van der Waals surface area contributed by atoms with Gasteiger partial charge in [0.05, 0.1) is 10.0 Å². The highest BCUT2D eigenvalue weighted by Gasteiger charge is 2.22. The van der Waals surface area contributed by atoms with Gasteiger partial charge < -0.3 is 15.0 Å². The lowest BCUT2D eigenvalue weighted by atomic mass is 10.2. The number of nitrogens with zero attached hydrogens (tertiary/aromatic N) is 2. The summed E-state index contributed by atoms with van der Waals surface area (Å²) in [4.78, 5) is 19.1. The van der Waals surface area contributed by atoms with Crippen LogP contribution in [0.3, 0.4) is 0 Å². The first kappa shape index (κ1) is 19.6. The fourth-order valence-corrected chi connectivity index (χ4v) is 3.44. The number of pyridine rings is 1. The first-order valence-corrected chi connectivity index (χ1v) is 9.87. The lowest BCUT2D eigenvalue weighted by molar-refractivity contribution is -0.0471. The molecule has 0 bridgehead atoms. The summed E-state index contributed by atoms with van der Waals surface area (Å²) in [5, 5.41) is 2.82. The van der Waals surface area contributed by atoms with Crippen LogP contribution >= 0.6 is 15.9 Å². The molecule has 0 radical (unpaired) electrons. The van der Waals surface area contributed by atoms with Gasteiger partial charge in [0.15, 0.2) is 0 Å². The molecule has 0 saturated carbocycles. The van der Waals surface area contributed by atoms with Crippen LogP contribution in [0.5, 0.6) is 5.75 Å². The second kappa shape index (κ2) is 8.25. The van der Waals surface area contributed by atoms with Crippen LogP contribution in [-0.2, 0) is 0 Å². The number of ether oxygens (including phenoxy) is 1. The van der Waals surface area contributed by atoms with Crippen LogP contribution in [0.1, 0.15) is 43.5 Å². The van der Waals surface area contributed by atoms with E-state index in [1.54, 1.807) is 43.5 Å². The maximum absolute atomic E-state index is 13.9. The molecule has 5 nitrogen and oxygen atoms in total. The number of amides is 1. The molecule has 2 aromatic rings. The maximum atomic E-state index is 13.9. The smallest absolute Gasteiger partial charge is 0.257 e. The van der Waals surface area contributed by atoms with E-state index in [-0.39, 0.29) is 12.3 Å². The number of hydrogen-bond donors (Lipinski definition) is 1. The van der Waals surface area contributed by atoms with Gasteiger partial charge in [0.1, 0.15) is 11.6 Å². The van der Waals surface area contributed by atoms with Crippen molar-refractivity contribution in [3.8, 4) is 5.75 Å². The number of carbonyl (C=O) groups excluding carboxylic acids is 1. The van der Waals surface area contributed by atoms with Crippen molar-refractivity contribution in [1.29, 1.82) is 0 Å². The van der Waals surface area contributed by atoms with Gasteiger partial charge >= 0.3 is 0 Å². The third kappa shape index (κ3) is 4.97. The van der Waals surface area contributed by atoms with Gasteiger partial charge in [-0.15, -0.1) is 0 Å². The van der Waals surface area contributed by atoms with Crippen molar-refractivity contribution in [2.24, 2.45) is 0 Å². The Hall–Kier alpha value is -2.15. The van der Waals surface area contributed by atoms with E-state index in [0.717, 1.165) is 36.2 Å². The Morgan fingerprint density at radius 1 is 1.33 bits per heavy atom. The fourth-order valence-electron chi connectivity index (χ4n) is 2.84. The van der Waals surface area contributed by atoms with Crippen molar-refractivity contribution in [2.75, 3.05) is 23.3 Å². The Labute approximate surface area is 167 Å². The molecule has 1 aromatic heterocycles. The molecule has 7 heteroatoms. The zero-order valence-corrected chi connectivity index (χ0v) is 17.1. The van der Waals surface area contributed by atoms with E-state index in [1.807, 2.05) is 0 Å². The topological polar surface area (TPSA) is 54.5 Å². The summed E-state index contributed by atoms with van der Waals surface area (Å²) in [6.07, 6.45) is 4.16. The second-order valence-electron chi connectivity index (χ2n) is 6.76. The van der Waals surface area contributed by atoms with Crippen LogP contribution in [0.25, 0.3) is 0 Å². The van der Waals surface area contributed by atoms with Gasteiger partial charge in [-0.1, -0.05) is 6.92 Å². The summed E-state index contributed by atoms with van der Waals surface area (Å²) in [6, 6.07) is 8.41. The zero-order chi connectivity index (χ0) is 19.4. The summed E-state index contributed by atoms with van der Waals surface area (Å²) in [5.74, 6) is -0.677. The molecule has 1 fully saturated rings. The number of anilines is 2. The van der Waals surface area contributed by atoms with Crippen molar-refractivity contribution >= 4 is 33.3 Å². The third-order valence-corrected chi connectivity index (χ3v) is 5.15. The molecule has 0 aliphatic carbocycles. The molecule has 1 N–H and O–H groups in total. The minimum Gasteiger partial charge on any atom is -0.458 e. The van der Waals surface area contributed by atoms with Crippen LogP contribution in [0.15, 0.2) is 41.0 Å². The van der Waals surface area contributed by atoms with Crippen LogP contribution in [0, 0.1) is 0 Å². The largest absolute Gasteiger partial charge is 0.458 e. The standard InChI is InChI=1S/C20H23BrFN3O2/c1-3-20(2,22)27-16-8-6-15(7-9-16)24-19(26)14-12-17(21)18(23-13-14)25-10-4-5-11-25/h6-9,12-13H,3-5,10-11H2,1-2H3,(H,24,26). The van der Waals surface area contributed by atoms with E-state index in [0.29, 0.717) is 17.0 Å². The quantitative estimate of drug-likeness (QED) is 0.679. The van der Waals surface area contributed by atoms with Gasteiger partial charge in [0.25, 0.3) is 5.91 Å². The Kier molecular flexibility index (Phi) is 5.99. The van der Waals surface area contributed by atoms with Gasteiger partial charge in [0.2, 0.25) is 5.85 Å². The molecule has 3 rings (SSSR count). The molecule has 1 aromatic carbocycles. The van der Waals surface area contributed by atoms with Gasteiger partial charge in [0, 0.05) is 38.3 Å². The maximum Gasteiger partial charge on any atom is 0.257 e. The Bertz CT molecular complexity index is 805. The second-order valence-corrected chi connectivity index (χ2v) is 7.61. The lowest BCUT2D eigenvalue weighted by Crippen LogP contribution is -2.24. The number of carbonyl (C=O) groups is 1. The molecule has 1 saturated heterocycles. The predicted octanol–water partition coefficient (Wildman–Crippen LogP) is 5.17. The summed E-state index contributed by atoms with van der Waals surface area (Å²) in [5.41, 5.74) is 1.07. The molecule has 1 aliphatic rings. The number of halogens is 2. The predicted molar refractivity (Wildman–Crippen MR) is 108 cm³/mol. The molecule has 1 aliphatic heterocycles. The monoisotopic (exact) mass is 435 g/mol. The zero-order valence-electron chi connectivity index (χ0n) is 15.5. The van der Waals surface area contributed by atoms with E-state index in [1.165, 1.54) is 6.92 Å². The van der Waals surface area contributed by atoms with Gasteiger partial charge in [-0.25, -0.2) is 4.98 Å². The lowest BCUT2D eigenvalue weighted by Gasteiger charge is -2.20. The van der Waals surface area contributed by atoms with Crippen molar-refractivity contribution in [3.05, 3.63) is 46.6 Å². The third-order valence-electron chi connectivity index (χ3n) is 4.56. The molecule has 1 amide bonds. The molecule has 0 spiro atoms. The SMILES string of the molecule is CCC(C)(F)Oc1ccc(NC(=O)c2cnc(N3CCCC3)c(Br)c2)cc1. The van der Waals surface area contributed by atoms with E-state index < -0.39 is 5.85 Å². The molecule has 2 heterocycles. The minimum absolute atomic E-state index is 0.251. The number of nitrogens with one attached hydrogen (secondary N) is 1. The van der Waals surface area contributed by atoms with Crippen molar-refractivity contribution in [2.45, 2.75) is 39.0 Å². The normalized spacial score (nSPS) is 16.1. The summed E-state index contributed by atoms with van der Waals surface area (Å²) in [7, 11) is 0. The number of hydrogen-bond acceptors (Lipinski definition) is 4. The first-order chi connectivity index (χ1) is 12.9. The molecule has 1 atom stereocenters. The highest BCUT2D eigenvalue weighted by Crippen LogP contribution is 2.28. The van der Waals surface area contributed by atoms with Gasteiger partial charge in [-0.05, 0) is 59.1 Å². The number of alkyl halides is 1. The van der Waals surface area contributed by atoms with E-state index in [2.05, 4.69) is 31.1 Å². The van der Waals surface area contributed by atoms with Crippen LogP contribution in [0.4, 0.5) is 15.9 Å². The minimum atomic E-state index is -1.71. The average Bonchev–Trinajstić information content (AvgIpc) is 3.17. The summed E-state index contributed by atoms with van der Waals surface area (Å²) < 4.78 is 20.0. The number of benzene rings is 1. The number of aromatic nitrogens is 1. The Morgan fingerprint density at radius 3 is 2.59 bits per heavy atom. The van der Waals surface area contributed by atoms with E-state index >= 15 is 0 Å². The number of rotatable bonds is 6. The van der Waals surface area contributed by atoms with E-state index in [9.17, 15) is 9.18 Å². The average molecular weight is 436 g/mol. The Morgan fingerprint density at radius 2 is 2.00 bits per heavy atom. The van der Waals surface area contributed by atoms with Gasteiger partial charge in [-0.3, -0.25) is 4.79 Å². The van der Waals surface area contributed by atoms with Crippen LogP contribution < -0.4 is 15.0 Å². The van der Waals surface area contributed by atoms with Crippen LogP contribution in [0.2, 0.25) is 0 Å². The van der Waals surface area contributed by atoms with E-state index in [4.69, 9.17) is 4.74 Å².